The molecule has 0 saturated carbocycles. The van der Waals surface area contributed by atoms with E-state index in [0.717, 1.165) is 5.56 Å². The number of carbonyl (C=O) groups is 1. The number of nitriles is 1. The summed E-state index contributed by atoms with van der Waals surface area (Å²) >= 11 is 0. The van der Waals surface area contributed by atoms with Gasteiger partial charge in [-0.15, -0.1) is 0 Å². The minimum atomic E-state index is -2.72. The van der Waals surface area contributed by atoms with Crippen LogP contribution < -0.4 is 10.6 Å². The zero-order chi connectivity index (χ0) is 24.8. The second kappa shape index (κ2) is 10.7. The second-order valence-electron chi connectivity index (χ2n) is 7.80. The minimum Gasteiger partial charge on any atom is -0.309 e. The van der Waals surface area contributed by atoms with E-state index in [0.29, 0.717) is 45.7 Å². The molecule has 0 radical (unpaired) electrons. The van der Waals surface area contributed by atoms with E-state index in [1.807, 2.05) is 12.1 Å². The molecular weight excluding hydrogens is 454 g/mol. The summed E-state index contributed by atoms with van der Waals surface area (Å²) in [5, 5.41) is 22.8. The summed E-state index contributed by atoms with van der Waals surface area (Å²) in [6.45, 7) is -2.21. The maximum Gasteiger partial charge on any atom is 0.333 e. The van der Waals surface area contributed by atoms with Gasteiger partial charge in [0.1, 0.15) is 11.9 Å². The summed E-state index contributed by atoms with van der Waals surface area (Å²) in [6, 6.07) is 12.0. The molecule has 4 rings (SSSR count). The van der Waals surface area contributed by atoms with Crippen molar-refractivity contribution in [1.29, 1.82) is 5.26 Å². The van der Waals surface area contributed by atoms with Crippen LogP contribution in [0.3, 0.4) is 0 Å². The van der Waals surface area contributed by atoms with E-state index in [-0.39, 0.29) is 5.91 Å². The number of benzene rings is 1. The number of halogens is 2. The molecule has 0 aliphatic carbocycles. The number of carbonyl (C=O) groups excluding carboxylic acids is 1. The van der Waals surface area contributed by atoms with Gasteiger partial charge in [0.15, 0.2) is 0 Å². The SMILES string of the molecule is Cn1cc(C(NCCc2ccc(C#N)cc2)C(=O)Nc2ccc(-c3cnn(C(F)F)c3)cn2)cn1. The molecule has 9 nitrogen and oxygen atoms in total. The number of amides is 1. The topological polar surface area (TPSA) is 113 Å². The molecule has 0 spiro atoms. The first-order chi connectivity index (χ1) is 16.9. The van der Waals surface area contributed by atoms with Gasteiger partial charge >= 0.3 is 6.55 Å². The van der Waals surface area contributed by atoms with Crippen LogP contribution in [0.2, 0.25) is 0 Å². The molecule has 0 fully saturated rings. The van der Waals surface area contributed by atoms with E-state index >= 15 is 0 Å². The van der Waals surface area contributed by atoms with Crippen LogP contribution in [0.4, 0.5) is 14.6 Å². The average molecular weight is 476 g/mol. The first-order valence-electron chi connectivity index (χ1n) is 10.7. The van der Waals surface area contributed by atoms with Crippen molar-refractivity contribution in [3.63, 3.8) is 0 Å². The number of nitrogens with zero attached hydrogens (tertiary/aromatic N) is 6. The third kappa shape index (κ3) is 5.93. The number of anilines is 1. The molecule has 3 aromatic heterocycles. The maximum absolute atomic E-state index is 13.1. The molecule has 0 aliphatic rings. The van der Waals surface area contributed by atoms with Gasteiger partial charge in [0, 0.05) is 48.9 Å². The van der Waals surface area contributed by atoms with E-state index in [1.165, 1.54) is 18.6 Å². The number of pyridine rings is 1. The fourth-order valence-electron chi connectivity index (χ4n) is 3.49. The lowest BCUT2D eigenvalue weighted by atomic mass is 10.1. The van der Waals surface area contributed by atoms with Crippen LogP contribution in [-0.4, -0.2) is 37.0 Å². The van der Waals surface area contributed by atoms with E-state index in [1.54, 1.807) is 48.4 Å². The van der Waals surface area contributed by atoms with E-state index in [9.17, 15) is 13.6 Å². The van der Waals surface area contributed by atoms with Gasteiger partial charge in [0.05, 0.1) is 24.0 Å². The lowest BCUT2D eigenvalue weighted by Crippen LogP contribution is -2.34. The van der Waals surface area contributed by atoms with Crippen molar-refractivity contribution in [2.75, 3.05) is 11.9 Å². The van der Waals surface area contributed by atoms with Crippen LogP contribution >= 0.6 is 0 Å². The van der Waals surface area contributed by atoms with Gasteiger partial charge in [0.2, 0.25) is 5.91 Å². The summed E-state index contributed by atoms with van der Waals surface area (Å²) in [4.78, 5) is 17.3. The number of aryl methyl sites for hydroxylation is 1. The zero-order valence-corrected chi connectivity index (χ0v) is 18.8. The van der Waals surface area contributed by atoms with E-state index in [4.69, 9.17) is 5.26 Å². The molecule has 178 valence electrons. The van der Waals surface area contributed by atoms with Crippen LogP contribution in [0.15, 0.2) is 67.4 Å². The normalized spacial score (nSPS) is 11.9. The first-order valence-corrected chi connectivity index (χ1v) is 10.7. The Labute approximate surface area is 200 Å². The first kappa shape index (κ1) is 23.7. The number of aromatic nitrogens is 5. The van der Waals surface area contributed by atoms with Crippen LogP contribution in [0, 0.1) is 11.3 Å². The van der Waals surface area contributed by atoms with Crippen LogP contribution in [0.1, 0.15) is 29.3 Å². The standard InChI is InChI=1S/C24H22F2N8O/c1-33-14-20(13-30-33)22(28-9-8-16-2-4-17(10-27)5-3-16)23(35)32-21-7-6-18(11-29-21)19-12-31-34(15-19)24(25)26/h2-7,11-15,22,24,28H,8-9H2,1H3,(H,29,32,35). The Kier molecular flexibility index (Phi) is 7.23. The highest BCUT2D eigenvalue weighted by molar-refractivity contribution is 5.94. The number of nitrogens with one attached hydrogen (secondary N) is 2. The molecule has 11 heteroatoms. The van der Waals surface area contributed by atoms with Crippen LogP contribution in [-0.2, 0) is 18.3 Å². The molecule has 0 bridgehead atoms. The molecule has 0 saturated heterocycles. The van der Waals surface area contributed by atoms with Gasteiger partial charge in [-0.3, -0.25) is 9.48 Å². The Morgan fingerprint density at radius 2 is 1.86 bits per heavy atom. The van der Waals surface area contributed by atoms with Crippen molar-refractivity contribution >= 4 is 11.7 Å². The Hall–Kier alpha value is -4.43. The summed E-state index contributed by atoms with van der Waals surface area (Å²) in [5.41, 5.74) is 3.42. The van der Waals surface area contributed by atoms with Crippen LogP contribution in [0.5, 0.6) is 0 Å². The maximum atomic E-state index is 13.1. The predicted octanol–water partition coefficient (Wildman–Crippen LogP) is 3.46. The van der Waals surface area contributed by atoms with Gasteiger partial charge in [-0.25, -0.2) is 9.67 Å². The molecule has 35 heavy (non-hydrogen) atoms. The monoisotopic (exact) mass is 476 g/mol. The molecule has 1 amide bonds. The second-order valence-corrected chi connectivity index (χ2v) is 7.80. The Morgan fingerprint density at radius 1 is 1.06 bits per heavy atom. The quantitative estimate of drug-likeness (QED) is 0.383. The molecule has 2 N–H and O–H groups in total. The lowest BCUT2D eigenvalue weighted by molar-refractivity contribution is -0.118. The van der Waals surface area contributed by atoms with Gasteiger partial charge in [-0.2, -0.15) is 24.2 Å². The fraction of sp³-hybridized carbons (Fsp3) is 0.208. The number of alkyl halides is 2. The molecular formula is C24H22F2N8O. The molecule has 4 aromatic rings. The van der Waals surface area contributed by atoms with E-state index in [2.05, 4.69) is 31.9 Å². The van der Waals surface area contributed by atoms with Crippen molar-refractivity contribution in [3.05, 3.63) is 84.1 Å². The van der Waals surface area contributed by atoms with Crippen molar-refractivity contribution in [2.24, 2.45) is 7.05 Å². The van der Waals surface area contributed by atoms with E-state index < -0.39 is 12.6 Å². The summed E-state index contributed by atoms with van der Waals surface area (Å²) in [5.74, 6) is 0.00591. The van der Waals surface area contributed by atoms with Crippen molar-refractivity contribution < 1.29 is 13.6 Å². The zero-order valence-electron chi connectivity index (χ0n) is 18.8. The lowest BCUT2D eigenvalue weighted by Gasteiger charge is -2.17. The summed E-state index contributed by atoms with van der Waals surface area (Å²) in [6.07, 6.45) is 8.09. The van der Waals surface area contributed by atoms with Crippen molar-refractivity contribution in [2.45, 2.75) is 19.0 Å². The molecule has 1 atom stereocenters. The van der Waals surface area contributed by atoms with Gasteiger partial charge < -0.3 is 10.6 Å². The summed E-state index contributed by atoms with van der Waals surface area (Å²) in [7, 11) is 1.77. The Balaban J connectivity index is 1.42. The molecule has 0 aliphatic heterocycles. The van der Waals surface area contributed by atoms with Gasteiger partial charge in [0.25, 0.3) is 0 Å². The van der Waals surface area contributed by atoms with Gasteiger partial charge in [-0.05, 0) is 36.2 Å². The van der Waals surface area contributed by atoms with Gasteiger partial charge in [-0.1, -0.05) is 12.1 Å². The summed E-state index contributed by atoms with van der Waals surface area (Å²) < 4.78 is 27.7. The third-order valence-electron chi connectivity index (χ3n) is 5.32. The molecule has 3 heterocycles. The number of hydrogen-bond donors (Lipinski definition) is 2. The average Bonchev–Trinajstić information content (AvgIpc) is 3.52. The highest BCUT2D eigenvalue weighted by atomic mass is 19.3. The predicted molar refractivity (Wildman–Crippen MR) is 124 cm³/mol. The Bertz CT molecular complexity index is 1320. The highest BCUT2D eigenvalue weighted by Crippen LogP contribution is 2.22. The third-order valence-corrected chi connectivity index (χ3v) is 5.32. The number of hydrogen-bond acceptors (Lipinski definition) is 6. The fourth-order valence-corrected chi connectivity index (χ4v) is 3.49. The van der Waals surface area contributed by atoms with Crippen LogP contribution in [0.25, 0.3) is 11.1 Å². The smallest absolute Gasteiger partial charge is 0.309 e. The number of rotatable bonds is 9. The largest absolute Gasteiger partial charge is 0.333 e. The molecule has 1 unspecified atom stereocenters. The minimum absolute atomic E-state index is 0.316. The Morgan fingerprint density at radius 3 is 2.46 bits per heavy atom. The van der Waals surface area contributed by atoms with Crippen molar-refractivity contribution in [1.82, 2.24) is 29.9 Å². The van der Waals surface area contributed by atoms with Crippen molar-refractivity contribution in [3.8, 4) is 17.2 Å². The highest BCUT2D eigenvalue weighted by Gasteiger charge is 2.22. The molecule has 1 aromatic carbocycles.